The minimum atomic E-state index is -0.336. The number of hydrogen-bond acceptors (Lipinski definition) is 6. The van der Waals surface area contributed by atoms with Crippen LogP contribution in [0, 0.1) is 0 Å². The lowest BCUT2D eigenvalue weighted by molar-refractivity contribution is 0.0508. The van der Waals surface area contributed by atoms with Crippen LogP contribution in [-0.2, 0) is 9.47 Å². The normalized spacial score (nSPS) is 10.8. The molecule has 0 radical (unpaired) electrons. The molecular weight excluding hydrogens is 324 g/mol. The van der Waals surface area contributed by atoms with Crippen molar-refractivity contribution in [2.24, 2.45) is 0 Å². The van der Waals surface area contributed by atoms with E-state index in [2.05, 4.69) is 0 Å². The second-order valence-electron chi connectivity index (χ2n) is 5.02. The van der Waals surface area contributed by atoms with Crippen molar-refractivity contribution in [1.29, 1.82) is 0 Å². The fraction of sp³-hybridized carbons (Fsp3) is 0.211. The largest absolute Gasteiger partial charge is 0.507 e. The number of carbonyl (C=O) groups excluding carboxylic acids is 1. The summed E-state index contributed by atoms with van der Waals surface area (Å²) in [5, 5.41) is 10.0. The summed E-state index contributed by atoms with van der Waals surface area (Å²) in [5.74, 6) is 0.517. The lowest BCUT2D eigenvalue weighted by Gasteiger charge is -2.08. The van der Waals surface area contributed by atoms with Crippen LogP contribution in [0.4, 0.5) is 0 Å². The van der Waals surface area contributed by atoms with E-state index in [1.807, 2.05) is 18.2 Å². The Balaban J connectivity index is 2.13. The van der Waals surface area contributed by atoms with Crippen molar-refractivity contribution in [1.82, 2.24) is 0 Å². The molecule has 2 rings (SSSR count). The third-order valence-corrected chi connectivity index (χ3v) is 3.24. The molecular formula is C19H20O6. The van der Waals surface area contributed by atoms with Crippen LogP contribution in [0.15, 0.2) is 48.5 Å². The van der Waals surface area contributed by atoms with Gasteiger partial charge in [-0.25, -0.2) is 0 Å². The summed E-state index contributed by atoms with van der Waals surface area (Å²) in [4.78, 5) is 12.3. The van der Waals surface area contributed by atoms with Crippen LogP contribution in [0.5, 0.6) is 17.2 Å². The summed E-state index contributed by atoms with van der Waals surface area (Å²) >= 11 is 0. The molecule has 0 aliphatic carbocycles. The molecule has 2 aromatic carbocycles. The van der Waals surface area contributed by atoms with Gasteiger partial charge in [-0.15, -0.1) is 0 Å². The second-order valence-corrected chi connectivity index (χ2v) is 5.02. The molecule has 0 spiro atoms. The topological polar surface area (TPSA) is 74.2 Å². The van der Waals surface area contributed by atoms with Crippen LogP contribution in [0.3, 0.4) is 0 Å². The van der Waals surface area contributed by atoms with Crippen molar-refractivity contribution >= 4 is 11.9 Å². The van der Waals surface area contributed by atoms with Gasteiger partial charge in [0.1, 0.15) is 17.2 Å². The van der Waals surface area contributed by atoms with E-state index in [0.717, 1.165) is 5.56 Å². The molecule has 0 aliphatic heterocycles. The molecule has 25 heavy (non-hydrogen) atoms. The minimum absolute atomic E-state index is 0.0604. The molecule has 0 saturated heterocycles. The Morgan fingerprint density at radius 1 is 1.04 bits per heavy atom. The van der Waals surface area contributed by atoms with Crippen molar-refractivity contribution < 1.29 is 28.8 Å². The molecule has 0 saturated carbocycles. The average Bonchev–Trinajstić information content (AvgIpc) is 2.63. The summed E-state index contributed by atoms with van der Waals surface area (Å²) in [5.41, 5.74) is 0.906. The maximum atomic E-state index is 12.3. The third-order valence-electron chi connectivity index (χ3n) is 3.24. The number of aromatic hydroxyl groups is 1. The highest BCUT2D eigenvalue weighted by Crippen LogP contribution is 2.25. The maximum Gasteiger partial charge on any atom is 0.189 e. The number of rotatable bonds is 9. The van der Waals surface area contributed by atoms with Gasteiger partial charge in [0.2, 0.25) is 0 Å². The first-order valence-electron chi connectivity index (χ1n) is 7.53. The number of phenolic OH excluding ortho intramolecular Hbond substituents is 1. The number of para-hydroxylation sites is 1. The van der Waals surface area contributed by atoms with Gasteiger partial charge in [-0.1, -0.05) is 18.2 Å². The van der Waals surface area contributed by atoms with E-state index in [4.69, 9.17) is 18.9 Å². The van der Waals surface area contributed by atoms with Gasteiger partial charge in [0, 0.05) is 25.8 Å². The highest BCUT2D eigenvalue weighted by atomic mass is 16.7. The molecule has 0 aliphatic rings. The van der Waals surface area contributed by atoms with E-state index in [1.54, 1.807) is 18.2 Å². The second kappa shape index (κ2) is 9.46. The predicted octanol–water partition coefficient (Wildman–Crippen LogP) is 3.25. The van der Waals surface area contributed by atoms with E-state index in [9.17, 15) is 9.90 Å². The number of ether oxygens (including phenoxy) is 4. The molecule has 2 aromatic rings. The standard InChI is InChI=1S/C19H20O6/c1-22-12-24-15-8-9-16(18(21)11-15)17(20)10-7-14-5-3-4-6-19(14)25-13-23-2/h3-11,21H,12-13H2,1-2H3/b10-7+. The lowest BCUT2D eigenvalue weighted by atomic mass is 10.1. The summed E-state index contributed by atoms with van der Waals surface area (Å²) in [6.07, 6.45) is 3.00. The van der Waals surface area contributed by atoms with Crippen LogP contribution in [0.25, 0.3) is 6.08 Å². The molecule has 1 N–H and O–H groups in total. The van der Waals surface area contributed by atoms with Gasteiger partial charge in [-0.2, -0.15) is 0 Å². The Kier molecular flexibility index (Phi) is 7.00. The van der Waals surface area contributed by atoms with Crippen LogP contribution in [0.2, 0.25) is 0 Å². The maximum absolute atomic E-state index is 12.3. The van der Waals surface area contributed by atoms with Crippen molar-refractivity contribution in [2.75, 3.05) is 27.8 Å². The lowest BCUT2D eigenvalue weighted by Crippen LogP contribution is -2.01. The Morgan fingerprint density at radius 2 is 1.76 bits per heavy atom. The molecule has 0 amide bonds. The first-order valence-corrected chi connectivity index (χ1v) is 7.53. The van der Waals surface area contributed by atoms with Gasteiger partial charge in [-0.05, 0) is 30.4 Å². The number of methoxy groups -OCH3 is 2. The molecule has 0 bridgehead atoms. The summed E-state index contributed by atoms with van der Waals surface area (Å²) in [7, 11) is 3.03. The van der Waals surface area contributed by atoms with Gasteiger partial charge >= 0.3 is 0 Å². The van der Waals surface area contributed by atoms with Crippen LogP contribution in [-0.4, -0.2) is 38.7 Å². The zero-order chi connectivity index (χ0) is 18.1. The molecule has 6 nitrogen and oxygen atoms in total. The first-order chi connectivity index (χ1) is 12.2. The number of benzene rings is 2. The molecule has 0 aromatic heterocycles. The van der Waals surface area contributed by atoms with Crippen LogP contribution < -0.4 is 9.47 Å². The fourth-order valence-corrected chi connectivity index (χ4v) is 2.06. The SMILES string of the molecule is COCOc1ccc(C(=O)/C=C/c2ccccc2OCOC)c(O)c1. The zero-order valence-electron chi connectivity index (χ0n) is 14.1. The number of carbonyl (C=O) groups is 1. The third kappa shape index (κ3) is 5.34. The number of ketones is 1. The highest BCUT2D eigenvalue weighted by Gasteiger charge is 2.10. The van der Waals surface area contributed by atoms with Crippen LogP contribution in [0.1, 0.15) is 15.9 Å². The number of allylic oxidation sites excluding steroid dienone is 1. The smallest absolute Gasteiger partial charge is 0.189 e. The molecule has 0 atom stereocenters. The van der Waals surface area contributed by atoms with Crippen molar-refractivity contribution in [3.8, 4) is 17.2 Å². The van der Waals surface area contributed by atoms with Gasteiger partial charge in [0.25, 0.3) is 0 Å². The monoisotopic (exact) mass is 344 g/mol. The van der Waals surface area contributed by atoms with Crippen molar-refractivity contribution in [2.45, 2.75) is 0 Å². The van der Waals surface area contributed by atoms with E-state index in [0.29, 0.717) is 11.5 Å². The van der Waals surface area contributed by atoms with Gasteiger partial charge < -0.3 is 24.1 Å². The van der Waals surface area contributed by atoms with Crippen LogP contribution >= 0.6 is 0 Å². The molecule has 6 heteroatoms. The Bertz CT molecular complexity index is 738. The fourth-order valence-electron chi connectivity index (χ4n) is 2.06. The summed E-state index contributed by atoms with van der Waals surface area (Å²) < 4.78 is 20.3. The molecule has 0 heterocycles. The molecule has 0 fully saturated rings. The summed E-state index contributed by atoms with van der Waals surface area (Å²) in [6.45, 7) is 0.174. The van der Waals surface area contributed by atoms with E-state index < -0.39 is 0 Å². The number of phenols is 1. The average molecular weight is 344 g/mol. The van der Waals surface area contributed by atoms with E-state index in [-0.39, 0.29) is 30.7 Å². The van der Waals surface area contributed by atoms with Gasteiger partial charge in [0.05, 0.1) is 5.56 Å². The van der Waals surface area contributed by atoms with E-state index >= 15 is 0 Å². The Morgan fingerprint density at radius 3 is 2.48 bits per heavy atom. The Labute approximate surface area is 146 Å². The molecule has 0 unspecified atom stereocenters. The van der Waals surface area contributed by atoms with Gasteiger partial charge in [0.15, 0.2) is 19.4 Å². The van der Waals surface area contributed by atoms with E-state index in [1.165, 1.54) is 32.4 Å². The minimum Gasteiger partial charge on any atom is -0.507 e. The molecule has 132 valence electrons. The number of hydrogen-bond donors (Lipinski definition) is 1. The highest BCUT2D eigenvalue weighted by molar-refractivity contribution is 6.08. The Hall–Kier alpha value is -2.83. The van der Waals surface area contributed by atoms with Crippen molar-refractivity contribution in [3.63, 3.8) is 0 Å². The quantitative estimate of drug-likeness (QED) is 0.428. The predicted molar refractivity (Wildman–Crippen MR) is 92.9 cm³/mol. The zero-order valence-corrected chi connectivity index (χ0v) is 14.1. The summed E-state index contributed by atoms with van der Waals surface area (Å²) in [6, 6.07) is 11.7. The van der Waals surface area contributed by atoms with Crippen molar-refractivity contribution in [3.05, 3.63) is 59.7 Å². The first kappa shape index (κ1) is 18.5. The van der Waals surface area contributed by atoms with Gasteiger partial charge in [-0.3, -0.25) is 4.79 Å².